The van der Waals surface area contributed by atoms with Crippen molar-refractivity contribution in [3.63, 3.8) is 0 Å². The van der Waals surface area contributed by atoms with Gasteiger partial charge in [0.05, 0.1) is 23.7 Å². The van der Waals surface area contributed by atoms with Crippen LogP contribution in [0.4, 0.5) is 5.69 Å². The summed E-state index contributed by atoms with van der Waals surface area (Å²) in [7, 11) is -2.48. The number of hydrogen-bond acceptors (Lipinski definition) is 4. The van der Waals surface area contributed by atoms with E-state index in [0.29, 0.717) is 5.75 Å². The molecule has 0 aromatic heterocycles. The Balaban J connectivity index is 1.89. The molecule has 0 unspecified atom stereocenters. The first-order valence-corrected chi connectivity index (χ1v) is 11.9. The van der Waals surface area contributed by atoms with Gasteiger partial charge in [0.1, 0.15) is 12.3 Å². The van der Waals surface area contributed by atoms with E-state index in [1.54, 1.807) is 37.4 Å². The number of methoxy groups -OCH3 is 1. The predicted octanol–water partition coefficient (Wildman–Crippen LogP) is 5.07. The Kier molecular flexibility index (Phi) is 7.66. The second kappa shape index (κ2) is 10.3. The molecule has 0 bridgehead atoms. The second-order valence-corrected chi connectivity index (χ2v) is 9.75. The van der Waals surface area contributed by atoms with Gasteiger partial charge in [0.15, 0.2) is 0 Å². The Morgan fingerprint density at radius 2 is 1.59 bits per heavy atom. The van der Waals surface area contributed by atoms with Gasteiger partial charge >= 0.3 is 0 Å². The van der Waals surface area contributed by atoms with Crippen molar-refractivity contribution in [2.24, 2.45) is 0 Å². The summed E-state index contributed by atoms with van der Waals surface area (Å²) in [6, 6.07) is 19.2. The van der Waals surface area contributed by atoms with Crippen molar-refractivity contribution in [3.05, 3.63) is 88.4 Å². The molecule has 0 saturated heterocycles. The topological polar surface area (TPSA) is 75.7 Å². The van der Waals surface area contributed by atoms with Crippen LogP contribution in [-0.2, 0) is 14.8 Å². The Hall–Kier alpha value is -2.74. The fourth-order valence-electron chi connectivity index (χ4n) is 3.11. The van der Waals surface area contributed by atoms with Crippen molar-refractivity contribution in [3.8, 4) is 5.75 Å². The van der Waals surface area contributed by atoms with Crippen molar-refractivity contribution in [2.75, 3.05) is 18.0 Å². The van der Waals surface area contributed by atoms with Gasteiger partial charge in [-0.15, -0.1) is 0 Å². The van der Waals surface area contributed by atoms with E-state index in [-0.39, 0.29) is 26.7 Å². The van der Waals surface area contributed by atoms with Crippen molar-refractivity contribution >= 4 is 44.8 Å². The summed E-state index contributed by atoms with van der Waals surface area (Å²) in [5, 5.41) is 3.35. The summed E-state index contributed by atoms with van der Waals surface area (Å²) in [5.74, 6) is 0.217. The van der Waals surface area contributed by atoms with Gasteiger partial charge < -0.3 is 10.1 Å². The highest BCUT2D eigenvalue weighted by Crippen LogP contribution is 2.29. The third-order valence-electron chi connectivity index (χ3n) is 4.75. The molecule has 1 atom stereocenters. The lowest BCUT2D eigenvalue weighted by atomic mass is 10.1. The number of benzene rings is 3. The lowest BCUT2D eigenvalue weighted by Crippen LogP contribution is -2.41. The SMILES string of the molecule is COc1ccc([C@@H](C)NC(=O)CN(c2cc(Cl)cc(Cl)c2)S(=O)(=O)c2ccccc2)cc1. The van der Waals surface area contributed by atoms with E-state index in [1.165, 1.54) is 30.3 Å². The van der Waals surface area contributed by atoms with Crippen molar-refractivity contribution in [1.29, 1.82) is 0 Å². The van der Waals surface area contributed by atoms with Crippen molar-refractivity contribution in [2.45, 2.75) is 17.9 Å². The first-order valence-electron chi connectivity index (χ1n) is 9.68. The molecule has 0 heterocycles. The predicted molar refractivity (Wildman–Crippen MR) is 127 cm³/mol. The third kappa shape index (κ3) is 5.73. The van der Waals surface area contributed by atoms with Crippen LogP contribution in [0.1, 0.15) is 18.5 Å². The minimum atomic E-state index is -4.05. The number of hydrogen-bond donors (Lipinski definition) is 1. The maximum atomic E-state index is 13.4. The summed E-state index contributed by atoms with van der Waals surface area (Å²) in [5.41, 5.74) is 1.04. The molecule has 0 fully saturated rings. The zero-order chi connectivity index (χ0) is 23.3. The number of amides is 1. The van der Waals surface area contributed by atoms with E-state index >= 15 is 0 Å². The van der Waals surface area contributed by atoms with Gasteiger partial charge in [-0.2, -0.15) is 0 Å². The Morgan fingerprint density at radius 3 is 2.16 bits per heavy atom. The van der Waals surface area contributed by atoms with Crippen LogP contribution in [-0.4, -0.2) is 28.0 Å². The molecular formula is C23H22Cl2N2O4S. The van der Waals surface area contributed by atoms with Crippen LogP contribution in [0.25, 0.3) is 0 Å². The molecule has 1 N–H and O–H groups in total. The molecule has 0 radical (unpaired) electrons. The smallest absolute Gasteiger partial charge is 0.264 e. The Labute approximate surface area is 197 Å². The zero-order valence-corrected chi connectivity index (χ0v) is 19.8. The van der Waals surface area contributed by atoms with E-state index in [4.69, 9.17) is 27.9 Å². The number of carbonyl (C=O) groups is 1. The minimum Gasteiger partial charge on any atom is -0.497 e. The van der Waals surface area contributed by atoms with Crippen LogP contribution in [0.5, 0.6) is 5.75 Å². The molecular weight excluding hydrogens is 471 g/mol. The maximum absolute atomic E-state index is 13.4. The summed E-state index contributed by atoms with van der Waals surface area (Å²) in [6.07, 6.45) is 0. The van der Waals surface area contributed by atoms with Gasteiger partial charge in [0.25, 0.3) is 10.0 Å². The number of nitrogens with one attached hydrogen (secondary N) is 1. The molecule has 9 heteroatoms. The highest BCUT2D eigenvalue weighted by atomic mass is 35.5. The molecule has 6 nitrogen and oxygen atoms in total. The molecule has 0 saturated carbocycles. The first kappa shape index (κ1) is 23.9. The standard InChI is InChI=1S/C23H22Cl2N2O4S/c1-16(17-8-10-21(31-2)11-9-17)26-23(28)15-27(20-13-18(24)12-19(25)14-20)32(29,30)22-6-4-3-5-7-22/h3-14,16H,15H2,1-2H3,(H,26,28)/t16-/m1/s1. The molecule has 1 amide bonds. The van der Waals surface area contributed by atoms with E-state index in [1.807, 2.05) is 19.1 Å². The highest BCUT2D eigenvalue weighted by molar-refractivity contribution is 7.92. The largest absolute Gasteiger partial charge is 0.497 e. The van der Waals surface area contributed by atoms with Crippen LogP contribution in [0.3, 0.4) is 0 Å². The van der Waals surface area contributed by atoms with Gasteiger partial charge in [-0.25, -0.2) is 8.42 Å². The summed E-state index contributed by atoms with van der Waals surface area (Å²) >= 11 is 12.2. The number of ether oxygens (including phenoxy) is 1. The quantitative estimate of drug-likeness (QED) is 0.475. The van der Waals surface area contributed by atoms with Gasteiger partial charge in [-0.1, -0.05) is 53.5 Å². The van der Waals surface area contributed by atoms with E-state index in [2.05, 4.69) is 5.32 Å². The monoisotopic (exact) mass is 492 g/mol. The normalized spacial score (nSPS) is 12.1. The van der Waals surface area contributed by atoms with Crippen LogP contribution in [0.2, 0.25) is 10.0 Å². The van der Waals surface area contributed by atoms with Crippen LogP contribution >= 0.6 is 23.2 Å². The number of rotatable bonds is 8. The lowest BCUT2D eigenvalue weighted by Gasteiger charge is -2.25. The summed E-state index contributed by atoms with van der Waals surface area (Å²) in [4.78, 5) is 12.9. The van der Waals surface area contributed by atoms with Gasteiger partial charge in [0.2, 0.25) is 5.91 Å². The molecule has 0 aliphatic carbocycles. The average Bonchev–Trinajstić information content (AvgIpc) is 2.77. The number of nitrogens with zero attached hydrogens (tertiary/aromatic N) is 1. The maximum Gasteiger partial charge on any atom is 0.264 e. The second-order valence-electron chi connectivity index (χ2n) is 7.01. The molecule has 32 heavy (non-hydrogen) atoms. The number of halogens is 2. The number of sulfonamides is 1. The van der Waals surface area contributed by atoms with Gasteiger partial charge in [-0.3, -0.25) is 9.10 Å². The van der Waals surface area contributed by atoms with Crippen molar-refractivity contribution in [1.82, 2.24) is 5.32 Å². The Bertz CT molecular complexity index is 1170. The molecule has 3 aromatic rings. The van der Waals surface area contributed by atoms with Crippen LogP contribution < -0.4 is 14.4 Å². The van der Waals surface area contributed by atoms with Crippen molar-refractivity contribution < 1.29 is 17.9 Å². The lowest BCUT2D eigenvalue weighted by molar-refractivity contribution is -0.120. The Morgan fingerprint density at radius 1 is 1.00 bits per heavy atom. The fourth-order valence-corrected chi connectivity index (χ4v) is 5.05. The molecule has 0 aliphatic rings. The average molecular weight is 493 g/mol. The van der Waals surface area contributed by atoms with Gasteiger partial charge in [-0.05, 0) is 55.0 Å². The molecule has 3 rings (SSSR count). The third-order valence-corrected chi connectivity index (χ3v) is 6.97. The molecule has 168 valence electrons. The van der Waals surface area contributed by atoms with E-state index in [9.17, 15) is 13.2 Å². The van der Waals surface area contributed by atoms with Crippen LogP contribution in [0, 0.1) is 0 Å². The fraction of sp³-hybridized carbons (Fsp3) is 0.174. The minimum absolute atomic E-state index is 0.0482. The van der Waals surface area contributed by atoms with E-state index in [0.717, 1.165) is 9.87 Å². The summed E-state index contributed by atoms with van der Waals surface area (Å²) < 4.78 is 32.9. The zero-order valence-electron chi connectivity index (χ0n) is 17.5. The molecule has 3 aromatic carbocycles. The molecule has 0 aliphatic heterocycles. The first-order chi connectivity index (χ1) is 15.2. The summed E-state index contributed by atoms with van der Waals surface area (Å²) in [6.45, 7) is 1.36. The number of anilines is 1. The van der Waals surface area contributed by atoms with E-state index < -0.39 is 22.5 Å². The highest BCUT2D eigenvalue weighted by Gasteiger charge is 2.28. The molecule has 0 spiro atoms. The van der Waals surface area contributed by atoms with Gasteiger partial charge in [0, 0.05) is 10.0 Å². The number of carbonyl (C=O) groups excluding carboxylic acids is 1. The van der Waals surface area contributed by atoms with Crippen LogP contribution in [0.15, 0.2) is 77.7 Å².